The molecule has 0 unspecified atom stereocenters. The van der Waals surface area contributed by atoms with Crippen LogP contribution in [0.25, 0.3) is 0 Å². The standard InChI is InChI=1S/C23H20BrN3O5/c1-14-5-10-19-20(11-14)23(30)26(22(19)29)25(13-15-6-8-17(24)9-7-15)21(28)16-3-2-4-18(12-16)27(31)32/h2-9,12,19-20H,10-11,13H2,1H3/t19-,20-/m0/s1. The lowest BCUT2D eigenvalue weighted by Crippen LogP contribution is -2.49. The lowest BCUT2D eigenvalue weighted by atomic mass is 9.82. The smallest absolute Gasteiger partial charge is 0.272 e. The van der Waals surface area contributed by atoms with Gasteiger partial charge in [-0.2, -0.15) is 5.01 Å². The summed E-state index contributed by atoms with van der Waals surface area (Å²) in [6, 6.07) is 12.4. The molecule has 2 aliphatic rings. The van der Waals surface area contributed by atoms with Gasteiger partial charge in [0.1, 0.15) is 0 Å². The van der Waals surface area contributed by atoms with Crippen molar-refractivity contribution in [2.75, 3.05) is 0 Å². The van der Waals surface area contributed by atoms with Crippen LogP contribution in [0.5, 0.6) is 0 Å². The third-order valence-corrected chi connectivity index (χ3v) is 6.35. The van der Waals surface area contributed by atoms with Gasteiger partial charge in [0.2, 0.25) is 0 Å². The Morgan fingerprint density at radius 3 is 2.53 bits per heavy atom. The van der Waals surface area contributed by atoms with Crippen molar-refractivity contribution >= 4 is 39.3 Å². The highest BCUT2D eigenvalue weighted by Gasteiger charge is 2.51. The number of nitro groups is 1. The van der Waals surface area contributed by atoms with Gasteiger partial charge in [0.05, 0.1) is 23.3 Å². The quantitative estimate of drug-likeness (QED) is 0.266. The summed E-state index contributed by atoms with van der Waals surface area (Å²) < 4.78 is 0.846. The van der Waals surface area contributed by atoms with Crippen molar-refractivity contribution in [2.45, 2.75) is 26.3 Å². The number of allylic oxidation sites excluding steroid dienone is 2. The number of imide groups is 1. The number of nitro benzene ring substituents is 1. The van der Waals surface area contributed by atoms with Crippen LogP contribution in [0.3, 0.4) is 0 Å². The van der Waals surface area contributed by atoms with Crippen LogP contribution in [0.1, 0.15) is 35.7 Å². The van der Waals surface area contributed by atoms with E-state index in [0.29, 0.717) is 18.4 Å². The van der Waals surface area contributed by atoms with E-state index in [2.05, 4.69) is 15.9 Å². The molecule has 3 amide bonds. The first-order valence-corrected chi connectivity index (χ1v) is 10.9. The molecular formula is C23H20BrN3O5. The molecule has 164 valence electrons. The molecule has 0 spiro atoms. The van der Waals surface area contributed by atoms with E-state index in [0.717, 1.165) is 26.1 Å². The lowest BCUT2D eigenvalue weighted by Gasteiger charge is -2.30. The van der Waals surface area contributed by atoms with Gasteiger partial charge in [-0.15, -0.1) is 0 Å². The number of amides is 3. The minimum absolute atomic E-state index is 0.0288. The number of benzene rings is 2. The maximum absolute atomic E-state index is 13.5. The molecule has 8 nitrogen and oxygen atoms in total. The number of hydrogen-bond donors (Lipinski definition) is 0. The minimum atomic E-state index is -0.651. The second-order valence-corrected chi connectivity index (χ2v) is 8.90. The summed E-state index contributed by atoms with van der Waals surface area (Å²) in [5.74, 6) is -2.49. The average molecular weight is 498 g/mol. The van der Waals surface area contributed by atoms with Gasteiger partial charge in [-0.1, -0.05) is 45.8 Å². The van der Waals surface area contributed by atoms with Gasteiger partial charge in [0.25, 0.3) is 23.4 Å². The number of carbonyl (C=O) groups excluding carboxylic acids is 3. The van der Waals surface area contributed by atoms with E-state index in [1.807, 2.05) is 13.0 Å². The fourth-order valence-corrected chi connectivity index (χ4v) is 4.42. The molecule has 0 radical (unpaired) electrons. The van der Waals surface area contributed by atoms with Crippen LogP contribution in [0.2, 0.25) is 0 Å². The van der Waals surface area contributed by atoms with Crippen molar-refractivity contribution in [1.29, 1.82) is 0 Å². The van der Waals surface area contributed by atoms with Gasteiger partial charge < -0.3 is 0 Å². The molecule has 1 aliphatic carbocycles. The first-order valence-electron chi connectivity index (χ1n) is 10.1. The van der Waals surface area contributed by atoms with Crippen molar-refractivity contribution in [2.24, 2.45) is 11.8 Å². The van der Waals surface area contributed by atoms with Gasteiger partial charge in [-0.05, 0) is 43.5 Å². The molecule has 0 bridgehead atoms. The summed E-state index contributed by atoms with van der Waals surface area (Å²) in [6.07, 6.45) is 2.88. The number of hydrogen-bond acceptors (Lipinski definition) is 5. The molecule has 4 rings (SSSR count). The molecule has 1 heterocycles. The second-order valence-electron chi connectivity index (χ2n) is 7.99. The van der Waals surface area contributed by atoms with E-state index in [4.69, 9.17) is 0 Å². The molecule has 0 aromatic heterocycles. The molecule has 9 heteroatoms. The zero-order valence-electron chi connectivity index (χ0n) is 17.2. The molecule has 32 heavy (non-hydrogen) atoms. The first-order chi connectivity index (χ1) is 15.3. The summed E-state index contributed by atoms with van der Waals surface area (Å²) in [4.78, 5) is 50.5. The number of hydrazine groups is 1. The highest BCUT2D eigenvalue weighted by atomic mass is 79.9. The molecule has 2 aromatic carbocycles. The summed E-state index contributed by atoms with van der Waals surface area (Å²) in [6.45, 7) is 1.89. The highest BCUT2D eigenvalue weighted by molar-refractivity contribution is 9.10. The van der Waals surface area contributed by atoms with Gasteiger partial charge in [-0.3, -0.25) is 24.5 Å². The van der Waals surface area contributed by atoms with E-state index >= 15 is 0 Å². The van der Waals surface area contributed by atoms with Crippen LogP contribution in [0, 0.1) is 22.0 Å². The molecule has 0 N–H and O–H groups in total. The van der Waals surface area contributed by atoms with Crippen molar-refractivity contribution in [3.63, 3.8) is 0 Å². The Morgan fingerprint density at radius 1 is 1.16 bits per heavy atom. The number of nitrogens with zero attached hydrogens (tertiary/aromatic N) is 3. The molecule has 1 saturated heterocycles. The Bertz CT molecular complexity index is 1140. The fourth-order valence-electron chi connectivity index (χ4n) is 4.16. The van der Waals surface area contributed by atoms with Crippen LogP contribution in [-0.4, -0.2) is 32.7 Å². The van der Waals surface area contributed by atoms with E-state index < -0.39 is 34.5 Å². The van der Waals surface area contributed by atoms with E-state index in [1.165, 1.54) is 18.2 Å². The van der Waals surface area contributed by atoms with Crippen LogP contribution in [-0.2, 0) is 16.1 Å². The lowest BCUT2D eigenvalue weighted by molar-refractivity contribution is -0.384. The number of fused-ring (bicyclic) bond motifs is 1. The van der Waals surface area contributed by atoms with Crippen LogP contribution < -0.4 is 0 Å². The molecule has 2 aromatic rings. The highest BCUT2D eigenvalue weighted by Crippen LogP contribution is 2.39. The third kappa shape index (κ3) is 4.08. The van der Waals surface area contributed by atoms with Gasteiger partial charge >= 0.3 is 0 Å². The monoisotopic (exact) mass is 497 g/mol. The van der Waals surface area contributed by atoms with Crippen molar-refractivity contribution < 1.29 is 19.3 Å². The molecule has 1 aliphatic heterocycles. The predicted molar refractivity (Wildman–Crippen MR) is 119 cm³/mol. The molecule has 2 atom stereocenters. The summed E-state index contributed by atoms with van der Waals surface area (Å²) in [5, 5.41) is 13.2. The van der Waals surface area contributed by atoms with E-state index in [1.54, 1.807) is 24.3 Å². The number of halogens is 1. The zero-order chi connectivity index (χ0) is 23.0. The van der Waals surface area contributed by atoms with Gasteiger partial charge in [0.15, 0.2) is 0 Å². The fraction of sp³-hybridized carbons (Fsp3) is 0.261. The summed E-state index contributed by atoms with van der Waals surface area (Å²) >= 11 is 3.36. The summed E-state index contributed by atoms with van der Waals surface area (Å²) in [5.41, 5.74) is 1.53. The topological polar surface area (TPSA) is 101 Å². The van der Waals surface area contributed by atoms with Crippen molar-refractivity contribution in [3.05, 3.63) is 85.9 Å². The normalized spacial score (nSPS) is 20.1. The molecular weight excluding hydrogens is 478 g/mol. The van der Waals surface area contributed by atoms with Crippen LogP contribution >= 0.6 is 15.9 Å². The number of non-ortho nitro benzene ring substituents is 1. The van der Waals surface area contributed by atoms with E-state index in [9.17, 15) is 24.5 Å². The summed E-state index contributed by atoms with van der Waals surface area (Å²) in [7, 11) is 0. The number of carbonyl (C=O) groups is 3. The largest absolute Gasteiger partial charge is 0.273 e. The van der Waals surface area contributed by atoms with Crippen LogP contribution in [0.4, 0.5) is 5.69 Å². The Balaban J connectivity index is 1.72. The SMILES string of the molecule is CC1=CC[C@@H]2C(=O)N(N(Cc3ccc(Br)cc3)C(=O)c3cccc([N+](=O)[O-])c3)C(=O)[C@H]2C1. The Kier molecular flexibility index (Phi) is 5.92. The Morgan fingerprint density at radius 2 is 1.84 bits per heavy atom. The Labute approximate surface area is 192 Å². The van der Waals surface area contributed by atoms with Crippen LogP contribution in [0.15, 0.2) is 64.7 Å². The van der Waals surface area contributed by atoms with Gasteiger partial charge in [-0.25, -0.2) is 5.01 Å². The second kappa shape index (κ2) is 8.66. The Hall–Kier alpha value is -3.33. The van der Waals surface area contributed by atoms with Gasteiger partial charge in [0, 0.05) is 22.2 Å². The molecule has 1 fully saturated rings. The predicted octanol–water partition coefficient (Wildman–Crippen LogP) is 4.26. The first kappa shape index (κ1) is 21.9. The third-order valence-electron chi connectivity index (χ3n) is 5.83. The maximum Gasteiger partial charge on any atom is 0.273 e. The number of rotatable bonds is 5. The average Bonchev–Trinajstić information content (AvgIpc) is 3.02. The molecule has 0 saturated carbocycles. The van der Waals surface area contributed by atoms with Crippen molar-refractivity contribution in [3.8, 4) is 0 Å². The minimum Gasteiger partial charge on any atom is -0.272 e. The zero-order valence-corrected chi connectivity index (χ0v) is 18.8. The van der Waals surface area contributed by atoms with E-state index in [-0.39, 0.29) is 17.8 Å². The maximum atomic E-state index is 13.5. The van der Waals surface area contributed by atoms with Crippen molar-refractivity contribution in [1.82, 2.24) is 10.0 Å².